The van der Waals surface area contributed by atoms with Crippen molar-refractivity contribution in [3.63, 3.8) is 0 Å². The third-order valence-corrected chi connectivity index (χ3v) is 2.06. The molecule has 0 saturated carbocycles. The fourth-order valence-electron chi connectivity index (χ4n) is 1.50. The Hall–Kier alpha value is -1.03. The molecule has 0 unspecified atom stereocenters. The summed E-state index contributed by atoms with van der Waals surface area (Å²) in [6.45, 7) is 0. The first kappa shape index (κ1) is 6.67. The van der Waals surface area contributed by atoms with Crippen LogP contribution in [0.5, 0.6) is 0 Å². The van der Waals surface area contributed by atoms with Gasteiger partial charge >= 0.3 is 6.03 Å². The molecule has 0 radical (unpaired) electrons. The van der Waals surface area contributed by atoms with Gasteiger partial charge in [0, 0.05) is 0 Å². The van der Waals surface area contributed by atoms with Gasteiger partial charge in [-0.05, 0) is 12.8 Å². The number of fused-ring (bicyclic) bond motifs is 2. The standard InChI is InChI=1S/C7H10N2O2/c8-7(10)9-5-1-3-6(11-9)4-2-5/h1,3,5-6H,2,4H2,(H2,8,10)/t5-,6+/m0/s1. The van der Waals surface area contributed by atoms with Gasteiger partial charge in [0.2, 0.25) is 0 Å². The van der Waals surface area contributed by atoms with E-state index < -0.39 is 6.03 Å². The first-order valence-electron chi connectivity index (χ1n) is 3.71. The van der Waals surface area contributed by atoms with Crippen LogP contribution in [0.1, 0.15) is 12.8 Å². The Labute approximate surface area is 64.6 Å². The van der Waals surface area contributed by atoms with Crippen molar-refractivity contribution < 1.29 is 9.63 Å². The average molecular weight is 154 g/mol. The lowest BCUT2D eigenvalue weighted by Crippen LogP contribution is -2.50. The molecule has 2 N–H and O–H groups in total. The minimum atomic E-state index is -0.496. The van der Waals surface area contributed by atoms with Crippen molar-refractivity contribution in [2.24, 2.45) is 5.73 Å². The Kier molecular flexibility index (Phi) is 1.35. The number of hydrogen-bond acceptors (Lipinski definition) is 2. The number of nitrogens with two attached hydrogens (primary N) is 1. The van der Waals surface area contributed by atoms with E-state index in [0.29, 0.717) is 0 Å². The van der Waals surface area contributed by atoms with Crippen molar-refractivity contribution >= 4 is 6.03 Å². The molecule has 2 bridgehead atoms. The highest BCUT2D eigenvalue weighted by Gasteiger charge is 2.32. The van der Waals surface area contributed by atoms with Crippen LogP contribution < -0.4 is 5.73 Å². The molecule has 0 spiro atoms. The van der Waals surface area contributed by atoms with Crippen molar-refractivity contribution in [1.29, 1.82) is 0 Å². The van der Waals surface area contributed by atoms with E-state index in [-0.39, 0.29) is 12.1 Å². The lowest BCUT2D eigenvalue weighted by molar-refractivity contribution is -0.193. The van der Waals surface area contributed by atoms with Gasteiger partial charge in [-0.3, -0.25) is 4.84 Å². The van der Waals surface area contributed by atoms with Crippen LogP contribution in [0.15, 0.2) is 12.2 Å². The molecule has 4 heteroatoms. The molecule has 1 saturated heterocycles. The highest BCUT2D eigenvalue weighted by Crippen LogP contribution is 2.26. The van der Waals surface area contributed by atoms with Crippen molar-refractivity contribution in [2.45, 2.75) is 25.0 Å². The SMILES string of the molecule is NC(=O)N1O[C@@H]2C=C[C@H]1CC2. The van der Waals surface area contributed by atoms with E-state index in [1.807, 2.05) is 12.2 Å². The Balaban J connectivity index is 2.17. The lowest BCUT2D eigenvalue weighted by Gasteiger charge is -2.38. The summed E-state index contributed by atoms with van der Waals surface area (Å²) >= 11 is 0. The Morgan fingerprint density at radius 3 is 2.64 bits per heavy atom. The molecule has 0 aromatic carbocycles. The van der Waals surface area contributed by atoms with Crippen LogP contribution in [-0.4, -0.2) is 23.2 Å². The maximum Gasteiger partial charge on any atom is 0.339 e. The first-order valence-corrected chi connectivity index (χ1v) is 3.71. The van der Waals surface area contributed by atoms with Gasteiger partial charge in [0.25, 0.3) is 0 Å². The van der Waals surface area contributed by atoms with Crippen LogP contribution in [0, 0.1) is 0 Å². The van der Waals surface area contributed by atoms with Gasteiger partial charge in [-0.1, -0.05) is 12.2 Å². The molecule has 2 aliphatic heterocycles. The van der Waals surface area contributed by atoms with E-state index in [4.69, 9.17) is 10.6 Å². The summed E-state index contributed by atoms with van der Waals surface area (Å²) in [4.78, 5) is 16.0. The van der Waals surface area contributed by atoms with Crippen LogP contribution in [0.25, 0.3) is 0 Å². The highest BCUT2D eigenvalue weighted by atomic mass is 16.7. The molecule has 3 aliphatic rings. The maximum absolute atomic E-state index is 10.7. The smallest absolute Gasteiger partial charge is 0.339 e. The molecule has 2 amide bonds. The number of carbonyl (C=O) groups excluding carboxylic acids is 1. The minimum absolute atomic E-state index is 0.0625. The topological polar surface area (TPSA) is 55.6 Å². The number of nitrogens with zero attached hydrogens (tertiary/aromatic N) is 1. The summed E-state index contributed by atoms with van der Waals surface area (Å²) in [5, 5.41) is 1.26. The second-order valence-electron chi connectivity index (χ2n) is 2.84. The van der Waals surface area contributed by atoms with E-state index in [1.54, 1.807) is 0 Å². The second-order valence-corrected chi connectivity index (χ2v) is 2.84. The van der Waals surface area contributed by atoms with Crippen molar-refractivity contribution in [1.82, 2.24) is 5.06 Å². The number of urea groups is 1. The zero-order valence-corrected chi connectivity index (χ0v) is 6.06. The molecule has 0 aromatic rings. The van der Waals surface area contributed by atoms with Crippen molar-refractivity contribution in [3.8, 4) is 0 Å². The van der Waals surface area contributed by atoms with Gasteiger partial charge < -0.3 is 5.73 Å². The van der Waals surface area contributed by atoms with Gasteiger partial charge in [-0.15, -0.1) is 0 Å². The third kappa shape index (κ3) is 0.991. The van der Waals surface area contributed by atoms with Crippen LogP contribution in [0.2, 0.25) is 0 Å². The van der Waals surface area contributed by atoms with Crippen LogP contribution >= 0.6 is 0 Å². The molecule has 11 heavy (non-hydrogen) atoms. The van der Waals surface area contributed by atoms with Crippen LogP contribution in [-0.2, 0) is 4.84 Å². The van der Waals surface area contributed by atoms with Gasteiger partial charge in [0.05, 0.1) is 6.04 Å². The largest absolute Gasteiger partial charge is 0.350 e. The summed E-state index contributed by atoms with van der Waals surface area (Å²) in [7, 11) is 0. The number of carbonyl (C=O) groups is 1. The number of primary amides is 1. The molecule has 0 aromatic heterocycles. The molecular weight excluding hydrogens is 144 g/mol. The molecular formula is C7H10N2O2. The minimum Gasteiger partial charge on any atom is -0.350 e. The van der Waals surface area contributed by atoms with E-state index in [0.717, 1.165) is 12.8 Å². The highest BCUT2D eigenvalue weighted by molar-refractivity contribution is 5.71. The first-order chi connectivity index (χ1) is 5.27. The Morgan fingerprint density at radius 1 is 1.55 bits per heavy atom. The monoisotopic (exact) mass is 154 g/mol. The summed E-state index contributed by atoms with van der Waals surface area (Å²) in [5.41, 5.74) is 5.08. The summed E-state index contributed by atoms with van der Waals surface area (Å²) in [6.07, 6.45) is 5.97. The molecule has 2 heterocycles. The Bertz CT molecular complexity index is 214. The van der Waals surface area contributed by atoms with Crippen molar-refractivity contribution in [3.05, 3.63) is 12.2 Å². The fourth-order valence-corrected chi connectivity index (χ4v) is 1.50. The molecule has 2 atom stereocenters. The molecule has 3 rings (SSSR count). The van der Waals surface area contributed by atoms with E-state index >= 15 is 0 Å². The van der Waals surface area contributed by atoms with Crippen molar-refractivity contribution in [2.75, 3.05) is 0 Å². The van der Waals surface area contributed by atoms with Crippen LogP contribution in [0.3, 0.4) is 0 Å². The summed E-state index contributed by atoms with van der Waals surface area (Å²) in [5.74, 6) is 0. The normalized spacial score (nSPS) is 34.4. The molecule has 1 aliphatic carbocycles. The zero-order chi connectivity index (χ0) is 7.84. The predicted octanol–water partition coefficient (Wildman–Crippen LogP) is 0.399. The summed E-state index contributed by atoms with van der Waals surface area (Å²) < 4.78 is 0. The van der Waals surface area contributed by atoms with E-state index in [2.05, 4.69) is 0 Å². The quantitative estimate of drug-likeness (QED) is 0.513. The lowest BCUT2D eigenvalue weighted by atomic mass is 9.99. The maximum atomic E-state index is 10.7. The fraction of sp³-hybridized carbons (Fsp3) is 0.571. The molecule has 60 valence electrons. The molecule has 4 nitrogen and oxygen atoms in total. The predicted molar refractivity (Wildman–Crippen MR) is 38.5 cm³/mol. The van der Waals surface area contributed by atoms with Gasteiger partial charge in [0.15, 0.2) is 0 Å². The number of hydroxylamine groups is 2. The van der Waals surface area contributed by atoms with Crippen LogP contribution in [0.4, 0.5) is 4.79 Å². The van der Waals surface area contributed by atoms with Gasteiger partial charge in [-0.2, -0.15) is 5.06 Å². The average Bonchev–Trinajstić information content (AvgIpc) is 2.06. The second kappa shape index (κ2) is 2.23. The summed E-state index contributed by atoms with van der Waals surface area (Å²) in [6, 6.07) is -0.429. The molecule has 1 fully saturated rings. The number of amides is 2. The Morgan fingerprint density at radius 2 is 2.36 bits per heavy atom. The van der Waals surface area contributed by atoms with Gasteiger partial charge in [0.1, 0.15) is 6.10 Å². The van der Waals surface area contributed by atoms with E-state index in [1.165, 1.54) is 5.06 Å². The van der Waals surface area contributed by atoms with E-state index in [9.17, 15) is 4.79 Å². The number of rotatable bonds is 0. The number of hydrogen-bond donors (Lipinski definition) is 1. The van der Waals surface area contributed by atoms with Gasteiger partial charge in [-0.25, -0.2) is 4.79 Å². The zero-order valence-electron chi connectivity index (χ0n) is 6.06. The third-order valence-electron chi connectivity index (χ3n) is 2.06.